The van der Waals surface area contributed by atoms with Gasteiger partial charge in [-0.15, -0.1) is 0 Å². The summed E-state index contributed by atoms with van der Waals surface area (Å²) in [6.45, 7) is 8.58. The number of nitrogens with zero attached hydrogens (tertiary/aromatic N) is 2. The molecule has 0 atom stereocenters. The molecular formula is C14H22N4O2. The number of rotatable bonds is 2. The van der Waals surface area contributed by atoms with Crippen molar-refractivity contribution in [1.82, 2.24) is 9.88 Å². The van der Waals surface area contributed by atoms with Gasteiger partial charge in [-0.05, 0) is 12.1 Å². The maximum absolute atomic E-state index is 12.5. The fourth-order valence-electron chi connectivity index (χ4n) is 2.06. The average Bonchev–Trinajstić information content (AvgIpc) is 2.46. The monoisotopic (exact) mass is 278 g/mol. The zero-order valence-corrected chi connectivity index (χ0v) is 12.3. The molecule has 1 fully saturated rings. The highest BCUT2D eigenvalue weighted by Crippen LogP contribution is 2.24. The van der Waals surface area contributed by atoms with Crippen molar-refractivity contribution in [3.05, 3.63) is 23.4 Å². The molecule has 0 radical (unpaired) electrons. The molecule has 0 bridgehead atoms. The zero-order valence-electron chi connectivity index (χ0n) is 12.3. The van der Waals surface area contributed by atoms with Gasteiger partial charge in [-0.2, -0.15) is 0 Å². The van der Waals surface area contributed by atoms with Gasteiger partial charge in [-0.1, -0.05) is 20.8 Å². The normalized spacial score (nSPS) is 16.1. The van der Waals surface area contributed by atoms with Gasteiger partial charge >= 0.3 is 0 Å². The third kappa shape index (κ3) is 3.26. The Kier molecular flexibility index (Phi) is 4.25. The van der Waals surface area contributed by atoms with Crippen LogP contribution in [0.3, 0.4) is 0 Å². The predicted octanol–water partition coefficient (Wildman–Crippen LogP) is 1.14. The largest absolute Gasteiger partial charge is 0.378 e. The van der Waals surface area contributed by atoms with Crippen LogP contribution < -0.4 is 11.3 Å². The van der Waals surface area contributed by atoms with Crippen molar-refractivity contribution in [2.45, 2.75) is 26.2 Å². The zero-order chi connectivity index (χ0) is 14.8. The van der Waals surface area contributed by atoms with Crippen LogP contribution in [-0.4, -0.2) is 42.1 Å². The van der Waals surface area contributed by atoms with Gasteiger partial charge in [-0.3, -0.25) is 4.79 Å². The minimum Gasteiger partial charge on any atom is -0.378 e. The van der Waals surface area contributed by atoms with Crippen molar-refractivity contribution in [3.63, 3.8) is 0 Å². The van der Waals surface area contributed by atoms with E-state index in [0.29, 0.717) is 37.7 Å². The molecule has 110 valence electrons. The van der Waals surface area contributed by atoms with E-state index in [1.54, 1.807) is 11.0 Å². The Morgan fingerprint density at radius 3 is 2.55 bits per heavy atom. The molecule has 1 aliphatic rings. The number of hydrazine groups is 1. The number of hydrogen-bond acceptors (Lipinski definition) is 5. The van der Waals surface area contributed by atoms with Gasteiger partial charge in [0.15, 0.2) is 0 Å². The number of amides is 1. The van der Waals surface area contributed by atoms with Crippen molar-refractivity contribution in [2.75, 3.05) is 31.7 Å². The van der Waals surface area contributed by atoms with Crippen molar-refractivity contribution < 1.29 is 9.53 Å². The van der Waals surface area contributed by atoms with E-state index in [-0.39, 0.29) is 11.3 Å². The SMILES string of the molecule is CC(C)(C)c1cc(C(=O)N2CCOCC2)cc(NN)n1. The molecule has 0 aliphatic carbocycles. The lowest BCUT2D eigenvalue weighted by atomic mass is 9.90. The Balaban J connectivity index is 2.32. The number of carbonyl (C=O) groups is 1. The number of anilines is 1. The Bertz CT molecular complexity index is 490. The van der Waals surface area contributed by atoms with Crippen molar-refractivity contribution >= 4 is 11.7 Å². The number of nitrogens with two attached hydrogens (primary N) is 1. The third-order valence-electron chi connectivity index (χ3n) is 3.29. The summed E-state index contributed by atoms with van der Waals surface area (Å²) in [5.74, 6) is 5.96. The van der Waals surface area contributed by atoms with Gasteiger partial charge in [-0.25, -0.2) is 10.8 Å². The molecule has 1 aromatic rings. The quantitative estimate of drug-likeness (QED) is 0.626. The minimum atomic E-state index is -0.146. The standard InChI is InChI=1S/C14H22N4O2/c1-14(2,3)11-8-10(9-12(16-11)17-15)13(19)18-4-6-20-7-5-18/h8-9H,4-7,15H2,1-3H3,(H,16,17). The number of nitrogens with one attached hydrogen (secondary N) is 1. The first-order valence-corrected chi connectivity index (χ1v) is 6.78. The third-order valence-corrected chi connectivity index (χ3v) is 3.29. The maximum atomic E-state index is 12.5. The van der Waals surface area contributed by atoms with Crippen LogP contribution >= 0.6 is 0 Å². The number of aromatic nitrogens is 1. The van der Waals surface area contributed by atoms with Gasteiger partial charge in [0.05, 0.1) is 13.2 Å². The number of morpholine rings is 1. The van der Waals surface area contributed by atoms with Crippen molar-refractivity contribution in [3.8, 4) is 0 Å². The Hall–Kier alpha value is -1.66. The maximum Gasteiger partial charge on any atom is 0.254 e. The van der Waals surface area contributed by atoms with Crippen LogP contribution in [0.15, 0.2) is 12.1 Å². The summed E-state index contributed by atoms with van der Waals surface area (Å²) >= 11 is 0. The van der Waals surface area contributed by atoms with E-state index in [4.69, 9.17) is 10.6 Å². The van der Waals surface area contributed by atoms with Crippen LogP contribution in [0.1, 0.15) is 36.8 Å². The van der Waals surface area contributed by atoms with Gasteiger partial charge in [0.2, 0.25) is 0 Å². The summed E-state index contributed by atoms with van der Waals surface area (Å²) < 4.78 is 5.27. The first-order valence-electron chi connectivity index (χ1n) is 6.78. The van der Waals surface area contributed by atoms with Crippen LogP contribution in [0, 0.1) is 0 Å². The fraction of sp³-hybridized carbons (Fsp3) is 0.571. The number of nitrogen functional groups attached to an aromatic ring is 1. The smallest absolute Gasteiger partial charge is 0.254 e. The number of ether oxygens (including phenoxy) is 1. The molecule has 3 N–H and O–H groups in total. The van der Waals surface area contributed by atoms with Gasteiger partial charge < -0.3 is 15.1 Å². The molecule has 1 amide bonds. The van der Waals surface area contributed by atoms with E-state index in [0.717, 1.165) is 5.69 Å². The average molecular weight is 278 g/mol. The Morgan fingerprint density at radius 1 is 1.35 bits per heavy atom. The molecule has 1 saturated heterocycles. The lowest BCUT2D eigenvalue weighted by Crippen LogP contribution is -2.40. The highest BCUT2D eigenvalue weighted by Gasteiger charge is 2.23. The molecule has 1 aromatic heterocycles. The molecule has 0 spiro atoms. The van der Waals surface area contributed by atoms with E-state index < -0.39 is 0 Å². The van der Waals surface area contributed by atoms with E-state index in [9.17, 15) is 4.79 Å². The number of carbonyl (C=O) groups excluding carboxylic acids is 1. The topological polar surface area (TPSA) is 80.5 Å². The van der Waals surface area contributed by atoms with Crippen molar-refractivity contribution in [1.29, 1.82) is 0 Å². The molecule has 2 heterocycles. The summed E-state index contributed by atoms with van der Waals surface area (Å²) in [6, 6.07) is 3.53. The molecule has 20 heavy (non-hydrogen) atoms. The molecular weight excluding hydrogens is 256 g/mol. The Labute approximate surface area is 119 Å². The highest BCUT2D eigenvalue weighted by molar-refractivity contribution is 5.95. The van der Waals surface area contributed by atoms with Crippen LogP contribution in [0.25, 0.3) is 0 Å². The molecule has 2 rings (SSSR count). The van der Waals surface area contributed by atoms with Crippen LogP contribution in [0.2, 0.25) is 0 Å². The second-order valence-corrected chi connectivity index (χ2v) is 5.93. The van der Waals surface area contributed by atoms with Crippen molar-refractivity contribution in [2.24, 2.45) is 5.84 Å². The van der Waals surface area contributed by atoms with E-state index in [1.807, 2.05) is 6.07 Å². The molecule has 0 unspecified atom stereocenters. The predicted molar refractivity (Wildman–Crippen MR) is 77.5 cm³/mol. The molecule has 6 nitrogen and oxygen atoms in total. The lowest BCUT2D eigenvalue weighted by molar-refractivity contribution is 0.0302. The fourth-order valence-corrected chi connectivity index (χ4v) is 2.06. The van der Waals surface area contributed by atoms with E-state index in [2.05, 4.69) is 31.2 Å². The van der Waals surface area contributed by atoms with Crippen LogP contribution in [0.4, 0.5) is 5.82 Å². The summed E-state index contributed by atoms with van der Waals surface area (Å²) in [4.78, 5) is 18.7. The van der Waals surface area contributed by atoms with Gasteiger partial charge in [0, 0.05) is 29.8 Å². The minimum absolute atomic E-state index is 0.00213. The molecule has 6 heteroatoms. The van der Waals surface area contributed by atoms with Crippen LogP contribution in [-0.2, 0) is 10.2 Å². The summed E-state index contributed by atoms with van der Waals surface area (Å²) in [5, 5.41) is 0. The number of hydrogen-bond donors (Lipinski definition) is 2. The molecule has 1 aliphatic heterocycles. The van der Waals surface area contributed by atoms with E-state index in [1.165, 1.54) is 0 Å². The summed E-state index contributed by atoms with van der Waals surface area (Å²) in [7, 11) is 0. The molecule has 0 saturated carbocycles. The first-order chi connectivity index (χ1) is 9.41. The lowest BCUT2D eigenvalue weighted by Gasteiger charge is -2.27. The van der Waals surface area contributed by atoms with E-state index >= 15 is 0 Å². The second-order valence-electron chi connectivity index (χ2n) is 5.93. The highest BCUT2D eigenvalue weighted by atomic mass is 16.5. The van der Waals surface area contributed by atoms with Gasteiger partial charge in [0.25, 0.3) is 5.91 Å². The molecule has 0 aromatic carbocycles. The summed E-state index contributed by atoms with van der Waals surface area (Å²) in [6.07, 6.45) is 0. The number of pyridine rings is 1. The second kappa shape index (κ2) is 5.76. The Morgan fingerprint density at radius 2 is 2.00 bits per heavy atom. The van der Waals surface area contributed by atoms with Crippen LogP contribution in [0.5, 0.6) is 0 Å². The first kappa shape index (κ1) is 14.7. The summed E-state index contributed by atoms with van der Waals surface area (Å²) in [5.41, 5.74) is 3.83. The van der Waals surface area contributed by atoms with Gasteiger partial charge in [0.1, 0.15) is 5.82 Å².